The first-order valence-electron chi connectivity index (χ1n) is 2.86. The number of rotatable bonds is 4. The van der Waals surface area contributed by atoms with Gasteiger partial charge in [-0.1, -0.05) is 6.92 Å². The van der Waals surface area contributed by atoms with Gasteiger partial charge in [0.25, 0.3) is 0 Å². The molecule has 1 radical (unpaired) electrons. The van der Waals surface area contributed by atoms with Crippen LogP contribution in [0.1, 0.15) is 13.3 Å². The van der Waals surface area contributed by atoms with E-state index < -0.39 is 0 Å². The molecule has 0 saturated heterocycles. The molecule has 0 bridgehead atoms. The molecule has 0 rings (SSSR count). The molecule has 0 amide bonds. The topological polar surface area (TPSA) is 29.5 Å². The van der Waals surface area contributed by atoms with Gasteiger partial charge in [0.1, 0.15) is 0 Å². The van der Waals surface area contributed by atoms with Crippen LogP contribution in [0.2, 0.25) is 0 Å². The van der Waals surface area contributed by atoms with E-state index in [0.29, 0.717) is 6.61 Å². The lowest BCUT2D eigenvalue weighted by atomic mass is 10.4. The summed E-state index contributed by atoms with van der Waals surface area (Å²) in [6.45, 7) is 6.24. The molecule has 0 aliphatic carbocycles. The molecular weight excluding hydrogens is 104 g/mol. The summed E-state index contributed by atoms with van der Waals surface area (Å²) < 4.78 is 4.98. The van der Waals surface area contributed by atoms with Crippen LogP contribution in [0.25, 0.3) is 0 Å². The van der Waals surface area contributed by atoms with Crippen LogP contribution in [0.3, 0.4) is 0 Å². The first kappa shape index (κ1) is 7.92. The molecule has 0 spiro atoms. The summed E-state index contributed by atoms with van der Waals surface area (Å²) in [5, 5.41) is 8.37. The summed E-state index contributed by atoms with van der Waals surface area (Å²) in [4.78, 5) is 0. The number of aliphatic hydroxyl groups is 1. The molecule has 8 heavy (non-hydrogen) atoms. The zero-order chi connectivity index (χ0) is 6.41. The zero-order valence-corrected chi connectivity index (χ0v) is 5.26. The van der Waals surface area contributed by atoms with E-state index in [-0.39, 0.29) is 12.7 Å². The van der Waals surface area contributed by atoms with Crippen LogP contribution in [0, 0.1) is 6.92 Å². The van der Waals surface area contributed by atoms with E-state index >= 15 is 0 Å². The van der Waals surface area contributed by atoms with Crippen molar-refractivity contribution < 1.29 is 9.84 Å². The quantitative estimate of drug-likeness (QED) is 0.584. The lowest BCUT2D eigenvalue weighted by Crippen LogP contribution is -2.13. The van der Waals surface area contributed by atoms with Crippen molar-refractivity contribution in [2.24, 2.45) is 0 Å². The largest absolute Gasteiger partial charge is 0.394 e. The fourth-order valence-electron chi connectivity index (χ4n) is 0.337. The second kappa shape index (κ2) is 5.06. The maximum atomic E-state index is 8.37. The molecule has 1 atom stereocenters. The average Bonchev–Trinajstić information content (AvgIpc) is 1.83. The summed E-state index contributed by atoms with van der Waals surface area (Å²) in [6.07, 6.45) is 0.737. The Bertz CT molecular complexity index is 45.8. The third kappa shape index (κ3) is 4.09. The Kier molecular flexibility index (Phi) is 5.01. The van der Waals surface area contributed by atoms with Crippen LogP contribution in [-0.4, -0.2) is 24.4 Å². The Morgan fingerprint density at radius 3 is 2.75 bits per heavy atom. The third-order valence-electron chi connectivity index (χ3n) is 0.761. The van der Waals surface area contributed by atoms with Gasteiger partial charge in [-0.3, -0.25) is 0 Å². The molecule has 0 heterocycles. The van der Waals surface area contributed by atoms with Gasteiger partial charge >= 0.3 is 0 Å². The highest BCUT2D eigenvalue weighted by atomic mass is 16.5. The monoisotopic (exact) mass is 117 g/mol. The molecule has 0 aromatic carbocycles. The lowest BCUT2D eigenvalue weighted by molar-refractivity contribution is 0.0415. The normalized spacial score (nSPS) is 13.9. The number of aliphatic hydroxyl groups excluding tert-OH is 1. The number of ether oxygens (including phenoxy) is 1. The van der Waals surface area contributed by atoms with E-state index in [0.717, 1.165) is 6.42 Å². The van der Waals surface area contributed by atoms with E-state index in [2.05, 4.69) is 6.92 Å². The second-order valence-corrected chi connectivity index (χ2v) is 1.68. The molecule has 0 aliphatic rings. The van der Waals surface area contributed by atoms with Crippen molar-refractivity contribution in [3.8, 4) is 0 Å². The summed E-state index contributed by atoms with van der Waals surface area (Å²) in [5.41, 5.74) is 0. The van der Waals surface area contributed by atoms with Gasteiger partial charge in [0.2, 0.25) is 0 Å². The van der Waals surface area contributed by atoms with Crippen LogP contribution in [-0.2, 0) is 4.74 Å². The molecular formula is C6H13O2. The van der Waals surface area contributed by atoms with Crippen molar-refractivity contribution >= 4 is 0 Å². The van der Waals surface area contributed by atoms with Crippen LogP contribution in [0.4, 0.5) is 0 Å². The van der Waals surface area contributed by atoms with Crippen LogP contribution in [0.15, 0.2) is 0 Å². The van der Waals surface area contributed by atoms with E-state index in [4.69, 9.17) is 9.84 Å². The molecule has 0 aliphatic heterocycles. The molecule has 0 saturated carbocycles. The summed E-state index contributed by atoms with van der Waals surface area (Å²) in [7, 11) is 0. The van der Waals surface area contributed by atoms with Crippen molar-refractivity contribution in [3.63, 3.8) is 0 Å². The molecule has 1 unspecified atom stereocenters. The van der Waals surface area contributed by atoms with Gasteiger partial charge in [-0.05, 0) is 13.3 Å². The van der Waals surface area contributed by atoms with Gasteiger partial charge in [0.15, 0.2) is 0 Å². The zero-order valence-electron chi connectivity index (χ0n) is 5.26. The second-order valence-electron chi connectivity index (χ2n) is 1.68. The standard InChI is InChI=1S/C6H13O2/c1-3-4-8-6(2)5-7/h6-7H,2-5H2,1H3. The highest BCUT2D eigenvalue weighted by Crippen LogP contribution is 1.88. The SMILES string of the molecule is [CH2]C(CO)OCCC. The van der Waals surface area contributed by atoms with E-state index in [9.17, 15) is 0 Å². The smallest absolute Gasteiger partial charge is 0.0806 e. The minimum atomic E-state index is -0.241. The maximum absolute atomic E-state index is 8.37. The van der Waals surface area contributed by atoms with E-state index in [1.54, 1.807) is 0 Å². The maximum Gasteiger partial charge on any atom is 0.0806 e. The minimum Gasteiger partial charge on any atom is -0.394 e. The summed E-state index contributed by atoms with van der Waals surface area (Å²) in [6, 6.07) is 0. The fourth-order valence-corrected chi connectivity index (χ4v) is 0.337. The highest BCUT2D eigenvalue weighted by molar-refractivity contribution is 4.55. The lowest BCUT2D eigenvalue weighted by Gasteiger charge is -2.06. The summed E-state index contributed by atoms with van der Waals surface area (Å²) in [5.74, 6) is 0. The van der Waals surface area contributed by atoms with Crippen molar-refractivity contribution in [1.29, 1.82) is 0 Å². The van der Waals surface area contributed by atoms with Crippen LogP contribution in [0.5, 0.6) is 0 Å². The van der Waals surface area contributed by atoms with Crippen molar-refractivity contribution in [2.75, 3.05) is 13.2 Å². The Hall–Kier alpha value is -0.0800. The molecule has 0 aromatic heterocycles. The van der Waals surface area contributed by atoms with Gasteiger partial charge in [-0.15, -0.1) is 0 Å². The predicted molar refractivity (Wildman–Crippen MR) is 32.5 cm³/mol. The number of hydrogen-bond acceptors (Lipinski definition) is 2. The molecule has 1 N–H and O–H groups in total. The molecule has 49 valence electrons. The van der Waals surface area contributed by atoms with E-state index in [1.807, 2.05) is 6.92 Å². The van der Waals surface area contributed by atoms with Crippen molar-refractivity contribution in [3.05, 3.63) is 6.92 Å². The van der Waals surface area contributed by atoms with Crippen molar-refractivity contribution in [2.45, 2.75) is 19.4 Å². The third-order valence-corrected chi connectivity index (χ3v) is 0.761. The highest BCUT2D eigenvalue weighted by Gasteiger charge is 1.95. The molecule has 0 fully saturated rings. The van der Waals surface area contributed by atoms with Gasteiger partial charge in [0.05, 0.1) is 12.7 Å². The molecule has 2 heteroatoms. The van der Waals surface area contributed by atoms with Gasteiger partial charge in [0, 0.05) is 6.61 Å². The van der Waals surface area contributed by atoms with Gasteiger partial charge in [-0.2, -0.15) is 0 Å². The van der Waals surface area contributed by atoms with Gasteiger partial charge < -0.3 is 9.84 Å². The predicted octanol–water partition coefficient (Wildman–Crippen LogP) is 0.608. The first-order chi connectivity index (χ1) is 3.81. The van der Waals surface area contributed by atoms with E-state index in [1.165, 1.54) is 0 Å². The molecule has 2 nitrogen and oxygen atoms in total. The Morgan fingerprint density at radius 2 is 2.38 bits per heavy atom. The minimum absolute atomic E-state index is 0.0139. The van der Waals surface area contributed by atoms with Crippen LogP contribution >= 0.6 is 0 Å². The van der Waals surface area contributed by atoms with Gasteiger partial charge in [-0.25, -0.2) is 0 Å². The van der Waals surface area contributed by atoms with Crippen molar-refractivity contribution in [1.82, 2.24) is 0 Å². The Labute approximate surface area is 50.5 Å². The Balaban J connectivity index is 2.86. The van der Waals surface area contributed by atoms with Crippen LogP contribution < -0.4 is 0 Å². The number of hydrogen-bond donors (Lipinski definition) is 1. The molecule has 0 aromatic rings. The summed E-state index contributed by atoms with van der Waals surface area (Å²) >= 11 is 0. The first-order valence-corrected chi connectivity index (χ1v) is 2.86. The fraction of sp³-hybridized carbons (Fsp3) is 0.833. The average molecular weight is 117 g/mol. The Morgan fingerprint density at radius 1 is 1.75 bits per heavy atom.